The van der Waals surface area contributed by atoms with E-state index in [1.807, 2.05) is 0 Å². The fraction of sp³-hybridized carbons (Fsp3) is 0.636. The molecule has 1 saturated carbocycles. The molecule has 2 aromatic rings. The standard InChI is InChI=1S/C22H30ClFN4O/c1-2-3-10-28-19-13-16(23)17(24)14-18(19)26-21(28)22(8-4-5-9-22)27-11-6-15(7-12-27)20(25)29/h13-15H,2-12H2,1H3,(H2,25,29). The molecule has 7 heteroatoms. The summed E-state index contributed by atoms with van der Waals surface area (Å²) in [6.45, 7) is 4.72. The second-order valence-electron chi connectivity index (χ2n) is 8.60. The summed E-state index contributed by atoms with van der Waals surface area (Å²) in [5.41, 5.74) is 6.98. The Labute approximate surface area is 176 Å². The van der Waals surface area contributed by atoms with Gasteiger partial charge in [0, 0.05) is 18.5 Å². The summed E-state index contributed by atoms with van der Waals surface area (Å²) >= 11 is 6.12. The van der Waals surface area contributed by atoms with Gasteiger partial charge in [0.15, 0.2) is 0 Å². The quantitative estimate of drug-likeness (QED) is 0.742. The largest absolute Gasteiger partial charge is 0.369 e. The molecular formula is C22H30ClFN4O. The Morgan fingerprint density at radius 3 is 2.62 bits per heavy atom. The molecule has 2 heterocycles. The molecule has 1 aromatic carbocycles. The Balaban J connectivity index is 1.78. The van der Waals surface area contributed by atoms with E-state index in [4.69, 9.17) is 22.3 Å². The van der Waals surface area contributed by atoms with Crippen LogP contribution >= 0.6 is 11.6 Å². The predicted molar refractivity (Wildman–Crippen MR) is 113 cm³/mol. The van der Waals surface area contributed by atoms with Crippen molar-refractivity contribution in [2.75, 3.05) is 13.1 Å². The van der Waals surface area contributed by atoms with Crippen LogP contribution in [0.3, 0.4) is 0 Å². The fourth-order valence-corrected chi connectivity index (χ4v) is 5.41. The van der Waals surface area contributed by atoms with E-state index in [1.165, 1.54) is 6.07 Å². The summed E-state index contributed by atoms with van der Waals surface area (Å²) < 4.78 is 16.4. The number of aryl methyl sites for hydroxylation is 1. The highest BCUT2D eigenvalue weighted by molar-refractivity contribution is 6.31. The molecule has 0 unspecified atom stereocenters. The molecule has 1 aliphatic heterocycles. The van der Waals surface area contributed by atoms with Crippen molar-refractivity contribution in [3.05, 3.63) is 28.8 Å². The summed E-state index contributed by atoms with van der Waals surface area (Å²) in [4.78, 5) is 19.1. The van der Waals surface area contributed by atoms with E-state index in [0.717, 1.165) is 82.3 Å². The number of likely N-dealkylation sites (tertiary alicyclic amines) is 1. The predicted octanol–water partition coefficient (Wildman–Crippen LogP) is 4.60. The lowest BCUT2D eigenvalue weighted by molar-refractivity contribution is -0.123. The Morgan fingerprint density at radius 2 is 2.00 bits per heavy atom. The highest BCUT2D eigenvalue weighted by atomic mass is 35.5. The molecule has 1 amide bonds. The average Bonchev–Trinajstić information content (AvgIpc) is 3.33. The first kappa shape index (κ1) is 20.6. The molecule has 5 nitrogen and oxygen atoms in total. The Kier molecular flexibility index (Phi) is 5.85. The molecule has 2 aliphatic rings. The van der Waals surface area contributed by atoms with Gasteiger partial charge in [0.2, 0.25) is 5.91 Å². The third-order valence-electron chi connectivity index (χ3n) is 6.88. The Morgan fingerprint density at radius 1 is 1.31 bits per heavy atom. The summed E-state index contributed by atoms with van der Waals surface area (Å²) in [5, 5.41) is 0.143. The fourth-order valence-electron chi connectivity index (χ4n) is 5.25. The summed E-state index contributed by atoms with van der Waals surface area (Å²) in [7, 11) is 0. The number of benzene rings is 1. The molecule has 0 spiro atoms. The summed E-state index contributed by atoms with van der Waals surface area (Å²) in [6, 6.07) is 3.19. The van der Waals surface area contributed by atoms with Crippen molar-refractivity contribution in [1.82, 2.24) is 14.5 Å². The number of nitrogens with zero attached hydrogens (tertiary/aromatic N) is 3. The molecule has 1 saturated heterocycles. The summed E-state index contributed by atoms with van der Waals surface area (Å²) in [6.07, 6.45) is 8.10. The lowest BCUT2D eigenvalue weighted by Crippen LogP contribution is -2.51. The average molecular weight is 421 g/mol. The van der Waals surface area contributed by atoms with Crippen LogP contribution in [0.5, 0.6) is 0 Å². The van der Waals surface area contributed by atoms with Crippen molar-refractivity contribution in [1.29, 1.82) is 0 Å². The number of primary amides is 1. The first-order valence-corrected chi connectivity index (χ1v) is 11.2. The van der Waals surface area contributed by atoms with Crippen molar-refractivity contribution >= 4 is 28.5 Å². The number of carbonyl (C=O) groups is 1. The van der Waals surface area contributed by atoms with Crippen LogP contribution in [-0.2, 0) is 16.9 Å². The van der Waals surface area contributed by atoms with Crippen LogP contribution in [0.2, 0.25) is 5.02 Å². The van der Waals surface area contributed by atoms with Gasteiger partial charge in [0.25, 0.3) is 0 Å². The monoisotopic (exact) mass is 420 g/mol. The molecule has 4 rings (SSSR count). The first-order chi connectivity index (χ1) is 14.0. The maximum atomic E-state index is 14.2. The molecule has 2 N–H and O–H groups in total. The van der Waals surface area contributed by atoms with Gasteiger partial charge in [-0.15, -0.1) is 0 Å². The smallest absolute Gasteiger partial charge is 0.220 e. The van der Waals surface area contributed by atoms with Crippen LogP contribution in [0.1, 0.15) is 64.1 Å². The van der Waals surface area contributed by atoms with Gasteiger partial charge < -0.3 is 10.3 Å². The minimum Gasteiger partial charge on any atom is -0.369 e. The van der Waals surface area contributed by atoms with Crippen LogP contribution in [0.15, 0.2) is 12.1 Å². The molecule has 158 valence electrons. The van der Waals surface area contributed by atoms with Crippen LogP contribution < -0.4 is 5.73 Å². The Bertz CT molecular complexity index is 898. The molecule has 1 aromatic heterocycles. The minimum atomic E-state index is -0.423. The number of hydrogen-bond donors (Lipinski definition) is 1. The van der Waals surface area contributed by atoms with Gasteiger partial charge in [0.05, 0.1) is 21.6 Å². The van der Waals surface area contributed by atoms with Gasteiger partial charge in [0.1, 0.15) is 11.6 Å². The van der Waals surface area contributed by atoms with Crippen molar-refractivity contribution in [2.24, 2.45) is 11.7 Å². The van der Waals surface area contributed by atoms with E-state index in [0.29, 0.717) is 5.52 Å². The number of carbonyl (C=O) groups excluding carboxylic acids is 1. The molecule has 2 fully saturated rings. The molecule has 1 aliphatic carbocycles. The van der Waals surface area contributed by atoms with Crippen LogP contribution in [0, 0.1) is 11.7 Å². The number of amides is 1. The highest BCUT2D eigenvalue weighted by Gasteiger charge is 2.46. The second-order valence-corrected chi connectivity index (χ2v) is 9.01. The van der Waals surface area contributed by atoms with Crippen LogP contribution in [0.4, 0.5) is 4.39 Å². The third kappa shape index (κ3) is 3.66. The highest BCUT2D eigenvalue weighted by Crippen LogP contribution is 2.46. The minimum absolute atomic E-state index is 0.0310. The van der Waals surface area contributed by atoms with Crippen molar-refractivity contribution in [3.63, 3.8) is 0 Å². The number of aromatic nitrogens is 2. The van der Waals surface area contributed by atoms with E-state index < -0.39 is 5.82 Å². The van der Waals surface area contributed by atoms with Gasteiger partial charge in [-0.2, -0.15) is 0 Å². The van der Waals surface area contributed by atoms with E-state index in [9.17, 15) is 9.18 Å². The number of rotatable bonds is 6. The second kappa shape index (κ2) is 8.23. The van der Waals surface area contributed by atoms with E-state index in [2.05, 4.69) is 16.4 Å². The van der Waals surface area contributed by atoms with E-state index in [1.54, 1.807) is 6.07 Å². The molecular weight excluding hydrogens is 391 g/mol. The number of hydrogen-bond acceptors (Lipinski definition) is 3. The number of imidazole rings is 1. The number of piperidine rings is 1. The van der Waals surface area contributed by atoms with Gasteiger partial charge in [-0.1, -0.05) is 37.8 Å². The maximum Gasteiger partial charge on any atom is 0.220 e. The van der Waals surface area contributed by atoms with Crippen molar-refractivity contribution in [3.8, 4) is 0 Å². The topological polar surface area (TPSA) is 64.2 Å². The molecule has 29 heavy (non-hydrogen) atoms. The number of halogens is 2. The van der Waals surface area contributed by atoms with Crippen molar-refractivity contribution < 1.29 is 9.18 Å². The zero-order valence-corrected chi connectivity index (χ0v) is 17.8. The normalized spacial score (nSPS) is 20.5. The van der Waals surface area contributed by atoms with Gasteiger partial charge in [-0.25, -0.2) is 9.37 Å². The Hall–Kier alpha value is -1.66. The van der Waals surface area contributed by atoms with E-state index >= 15 is 0 Å². The lowest BCUT2D eigenvalue weighted by Gasteiger charge is -2.44. The van der Waals surface area contributed by atoms with Crippen molar-refractivity contribution in [2.45, 2.75) is 70.4 Å². The molecule has 0 radical (unpaired) electrons. The molecule has 0 atom stereocenters. The lowest BCUT2D eigenvalue weighted by atomic mass is 9.87. The zero-order chi connectivity index (χ0) is 20.6. The molecule has 0 bridgehead atoms. The maximum absolute atomic E-state index is 14.2. The van der Waals surface area contributed by atoms with E-state index in [-0.39, 0.29) is 22.4 Å². The first-order valence-electron chi connectivity index (χ1n) is 10.9. The summed E-state index contributed by atoms with van der Waals surface area (Å²) in [5.74, 6) is 0.396. The number of fused-ring (bicyclic) bond motifs is 1. The van der Waals surface area contributed by atoms with Gasteiger partial charge in [-0.3, -0.25) is 9.69 Å². The SMILES string of the molecule is CCCCn1c(C2(N3CCC(C(N)=O)CC3)CCCC2)nc2cc(F)c(Cl)cc21. The zero-order valence-electron chi connectivity index (χ0n) is 17.1. The van der Waals surface area contributed by atoms with Crippen LogP contribution in [0.25, 0.3) is 11.0 Å². The number of nitrogens with two attached hydrogens (primary N) is 1. The van der Waals surface area contributed by atoms with Gasteiger partial charge >= 0.3 is 0 Å². The third-order valence-corrected chi connectivity index (χ3v) is 7.16. The van der Waals surface area contributed by atoms with Gasteiger partial charge in [-0.05, 0) is 51.3 Å². The number of unbranched alkanes of at least 4 members (excludes halogenated alkanes) is 1. The van der Waals surface area contributed by atoms with Crippen LogP contribution in [-0.4, -0.2) is 33.4 Å².